The van der Waals surface area contributed by atoms with Crippen LogP contribution < -0.4 is 15.2 Å². The van der Waals surface area contributed by atoms with Crippen molar-refractivity contribution in [2.45, 2.75) is 12.8 Å². The molecule has 6 nitrogen and oxygen atoms in total. The molecule has 0 atom stereocenters. The summed E-state index contributed by atoms with van der Waals surface area (Å²) in [5.74, 6) is -1.20. The van der Waals surface area contributed by atoms with E-state index in [1.54, 1.807) is 24.3 Å². The first-order chi connectivity index (χ1) is 11.0. The number of aromatic nitrogens is 1. The highest BCUT2D eigenvalue weighted by Crippen LogP contribution is 2.35. The number of para-hydroxylation sites is 1. The second-order valence-electron chi connectivity index (χ2n) is 4.46. The largest absolute Gasteiger partial charge is 0.550 e. The average Bonchev–Trinajstić information content (AvgIpc) is 2.51. The Bertz CT molecular complexity index is 700. The van der Waals surface area contributed by atoms with Gasteiger partial charge in [0.25, 0.3) is 0 Å². The zero-order valence-corrected chi connectivity index (χ0v) is 13.2. The quantitative estimate of drug-likeness (QED) is 0.861. The van der Waals surface area contributed by atoms with Crippen molar-refractivity contribution in [2.75, 3.05) is 5.32 Å². The Kier molecular flexibility index (Phi) is 5.78. The molecule has 0 aliphatic rings. The first kappa shape index (κ1) is 17.1. The molecule has 0 radical (unpaired) electrons. The summed E-state index contributed by atoms with van der Waals surface area (Å²) in [6, 6.07) is 8.04. The summed E-state index contributed by atoms with van der Waals surface area (Å²) in [5.41, 5.74) is 0.408. The minimum Gasteiger partial charge on any atom is -0.550 e. The third-order valence-corrected chi connectivity index (χ3v) is 3.30. The Hall–Kier alpha value is -2.31. The lowest BCUT2D eigenvalue weighted by molar-refractivity contribution is -0.305. The number of pyridine rings is 1. The average molecular weight is 354 g/mol. The predicted octanol–water partition coefficient (Wildman–Crippen LogP) is 2.65. The van der Waals surface area contributed by atoms with Gasteiger partial charge in [0.15, 0.2) is 5.75 Å². The minimum absolute atomic E-state index is 0.171. The van der Waals surface area contributed by atoms with E-state index in [1.165, 1.54) is 12.3 Å². The van der Waals surface area contributed by atoms with Gasteiger partial charge < -0.3 is 20.0 Å². The molecule has 1 N–H and O–H groups in total. The molecule has 1 heterocycles. The molecule has 1 aromatic heterocycles. The molecule has 2 aromatic rings. The molecule has 0 saturated heterocycles. The number of hydrogen-bond acceptors (Lipinski definition) is 5. The van der Waals surface area contributed by atoms with E-state index in [0.717, 1.165) is 0 Å². The molecule has 2 rings (SSSR count). The number of carboxylic acids is 1. The summed E-state index contributed by atoms with van der Waals surface area (Å²) < 4.78 is 5.51. The zero-order valence-electron chi connectivity index (χ0n) is 11.7. The highest BCUT2D eigenvalue weighted by Gasteiger charge is 2.09. The Balaban J connectivity index is 1.99. The maximum Gasteiger partial charge on any atom is 0.224 e. The van der Waals surface area contributed by atoms with Gasteiger partial charge in [0.1, 0.15) is 0 Å². The normalized spacial score (nSPS) is 10.2. The summed E-state index contributed by atoms with van der Waals surface area (Å²) in [5, 5.41) is 13.5. The molecular formula is C15H11Cl2N2O4-. The number of nitrogens with one attached hydrogen (secondary N) is 1. The van der Waals surface area contributed by atoms with Crippen molar-refractivity contribution in [2.24, 2.45) is 0 Å². The lowest BCUT2D eigenvalue weighted by Crippen LogP contribution is -2.24. The molecule has 120 valence electrons. The van der Waals surface area contributed by atoms with Gasteiger partial charge in [-0.3, -0.25) is 4.79 Å². The van der Waals surface area contributed by atoms with Crippen LogP contribution in [-0.4, -0.2) is 16.9 Å². The van der Waals surface area contributed by atoms with Crippen LogP contribution >= 0.6 is 23.2 Å². The fourth-order valence-electron chi connectivity index (χ4n) is 1.64. The number of hydrogen-bond donors (Lipinski definition) is 1. The van der Waals surface area contributed by atoms with Crippen molar-refractivity contribution in [1.82, 2.24) is 4.98 Å². The number of carbonyl (C=O) groups is 2. The van der Waals surface area contributed by atoms with Crippen molar-refractivity contribution >= 4 is 40.8 Å². The second-order valence-corrected chi connectivity index (χ2v) is 5.27. The molecule has 0 spiro atoms. The molecular weight excluding hydrogens is 343 g/mol. The van der Waals surface area contributed by atoms with Crippen LogP contribution in [0.25, 0.3) is 0 Å². The van der Waals surface area contributed by atoms with Crippen LogP contribution in [0.2, 0.25) is 10.0 Å². The molecule has 0 aliphatic carbocycles. The van der Waals surface area contributed by atoms with E-state index < -0.39 is 11.9 Å². The standard InChI is InChI=1S/C15H12Cl2N2O4/c16-10-2-1-3-11(17)15(10)23-13-6-4-9(8-18-13)19-12(20)5-7-14(21)22/h1-4,6,8H,5,7H2,(H,19,20)(H,21,22)/p-1. The summed E-state index contributed by atoms with van der Waals surface area (Å²) in [7, 11) is 0. The van der Waals surface area contributed by atoms with Gasteiger partial charge in [0, 0.05) is 18.5 Å². The van der Waals surface area contributed by atoms with Crippen molar-refractivity contribution < 1.29 is 19.4 Å². The number of halogens is 2. The highest BCUT2D eigenvalue weighted by molar-refractivity contribution is 6.37. The third kappa shape index (κ3) is 5.12. The van der Waals surface area contributed by atoms with E-state index in [1.807, 2.05) is 0 Å². The molecule has 1 aromatic carbocycles. The van der Waals surface area contributed by atoms with Gasteiger partial charge in [-0.1, -0.05) is 29.3 Å². The number of benzene rings is 1. The minimum atomic E-state index is -1.28. The van der Waals surface area contributed by atoms with Crippen LogP contribution in [-0.2, 0) is 9.59 Å². The van der Waals surface area contributed by atoms with E-state index >= 15 is 0 Å². The first-order valence-corrected chi connectivity index (χ1v) is 7.29. The molecule has 23 heavy (non-hydrogen) atoms. The van der Waals surface area contributed by atoms with Crippen LogP contribution in [0.4, 0.5) is 5.69 Å². The fraction of sp³-hybridized carbons (Fsp3) is 0.133. The molecule has 0 fully saturated rings. The van der Waals surface area contributed by atoms with Crippen LogP contribution in [0.1, 0.15) is 12.8 Å². The first-order valence-electron chi connectivity index (χ1n) is 6.53. The topological polar surface area (TPSA) is 91.3 Å². The Morgan fingerprint density at radius 1 is 1.13 bits per heavy atom. The van der Waals surface area contributed by atoms with Crippen LogP contribution in [0.3, 0.4) is 0 Å². The Labute approximate surface area is 142 Å². The van der Waals surface area contributed by atoms with Crippen molar-refractivity contribution in [1.29, 1.82) is 0 Å². The second kappa shape index (κ2) is 7.80. The van der Waals surface area contributed by atoms with Crippen LogP contribution in [0.5, 0.6) is 11.6 Å². The molecule has 0 unspecified atom stereocenters. The summed E-state index contributed by atoms with van der Waals surface area (Å²) in [4.78, 5) is 25.8. The Morgan fingerprint density at radius 3 is 2.39 bits per heavy atom. The van der Waals surface area contributed by atoms with Gasteiger partial charge in [-0.2, -0.15) is 0 Å². The SMILES string of the molecule is O=C([O-])CCC(=O)Nc1ccc(Oc2c(Cl)cccc2Cl)nc1. The third-order valence-electron chi connectivity index (χ3n) is 2.70. The summed E-state index contributed by atoms with van der Waals surface area (Å²) >= 11 is 12.0. The summed E-state index contributed by atoms with van der Waals surface area (Å²) in [6.07, 6.45) is 0.859. The lowest BCUT2D eigenvalue weighted by atomic mass is 10.3. The van der Waals surface area contributed by atoms with Gasteiger partial charge >= 0.3 is 0 Å². The van der Waals surface area contributed by atoms with Gasteiger partial charge in [-0.15, -0.1) is 0 Å². The van der Waals surface area contributed by atoms with Gasteiger partial charge in [0.05, 0.1) is 21.9 Å². The number of anilines is 1. The monoisotopic (exact) mass is 353 g/mol. The molecule has 1 amide bonds. The number of ether oxygens (including phenoxy) is 1. The van der Waals surface area contributed by atoms with E-state index in [0.29, 0.717) is 15.7 Å². The number of carboxylic acid groups (broad SMARTS) is 1. The van der Waals surface area contributed by atoms with Gasteiger partial charge in [-0.05, 0) is 24.6 Å². The molecule has 0 bridgehead atoms. The molecule has 8 heteroatoms. The van der Waals surface area contributed by atoms with Gasteiger partial charge in [-0.25, -0.2) is 4.98 Å². The zero-order chi connectivity index (χ0) is 16.8. The van der Waals surface area contributed by atoms with Gasteiger partial charge in [0.2, 0.25) is 11.8 Å². The van der Waals surface area contributed by atoms with Crippen molar-refractivity contribution in [3.63, 3.8) is 0 Å². The van der Waals surface area contributed by atoms with Crippen LogP contribution in [0.15, 0.2) is 36.5 Å². The maximum absolute atomic E-state index is 11.5. The van der Waals surface area contributed by atoms with Crippen LogP contribution in [0, 0.1) is 0 Å². The van der Waals surface area contributed by atoms with E-state index in [-0.39, 0.29) is 24.5 Å². The molecule has 0 saturated carbocycles. The number of aliphatic carboxylic acids is 1. The number of carbonyl (C=O) groups excluding carboxylic acids is 2. The Morgan fingerprint density at radius 2 is 1.83 bits per heavy atom. The lowest BCUT2D eigenvalue weighted by Gasteiger charge is -2.09. The maximum atomic E-state index is 11.5. The van der Waals surface area contributed by atoms with E-state index in [9.17, 15) is 14.7 Å². The smallest absolute Gasteiger partial charge is 0.224 e. The summed E-state index contributed by atoms with van der Waals surface area (Å²) in [6.45, 7) is 0. The van der Waals surface area contributed by atoms with Crippen molar-refractivity contribution in [3.8, 4) is 11.6 Å². The molecule has 0 aliphatic heterocycles. The fourth-order valence-corrected chi connectivity index (χ4v) is 2.11. The number of amides is 1. The highest BCUT2D eigenvalue weighted by atomic mass is 35.5. The van der Waals surface area contributed by atoms with E-state index in [2.05, 4.69) is 10.3 Å². The number of nitrogens with zero attached hydrogens (tertiary/aromatic N) is 1. The number of rotatable bonds is 6. The van der Waals surface area contributed by atoms with Crippen molar-refractivity contribution in [3.05, 3.63) is 46.6 Å². The predicted molar refractivity (Wildman–Crippen MR) is 83.6 cm³/mol. The van der Waals surface area contributed by atoms with E-state index in [4.69, 9.17) is 27.9 Å².